The molecule has 0 aliphatic rings. The molecule has 0 saturated heterocycles. The van der Waals surface area contributed by atoms with Crippen LogP contribution in [0.4, 0.5) is 0 Å². The SMILES string of the molecule is CCOc1sc2ccccc2c1OCC. The van der Waals surface area contributed by atoms with E-state index in [0.29, 0.717) is 13.2 Å². The van der Waals surface area contributed by atoms with E-state index in [2.05, 4.69) is 12.1 Å². The first-order valence-corrected chi connectivity index (χ1v) is 5.95. The molecule has 80 valence electrons. The van der Waals surface area contributed by atoms with Gasteiger partial charge in [0.2, 0.25) is 5.06 Å². The normalized spacial score (nSPS) is 10.5. The summed E-state index contributed by atoms with van der Waals surface area (Å²) in [6, 6.07) is 8.21. The van der Waals surface area contributed by atoms with Crippen LogP contribution in [0.5, 0.6) is 10.8 Å². The second kappa shape index (κ2) is 4.53. The van der Waals surface area contributed by atoms with Crippen molar-refractivity contribution in [1.29, 1.82) is 0 Å². The fourth-order valence-electron chi connectivity index (χ4n) is 1.51. The van der Waals surface area contributed by atoms with Crippen molar-refractivity contribution in [2.75, 3.05) is 13.2 Å². The standard InChI is InChI=1S/C12H14O2S/c1-3-13-11-9-7-5-6-8-10(9)15-12(11)14-4-2/h5-8H,3-4H2,1-2H3. The van der Waals surface area contributed by atoms with E-state index in [4.69, 9.17) is 9.47 Å². The Bertz CT molecular complexity index is 448. The van der Waals surface area contributed by atoms with Gasteiger partial charge in [0.05, 0.1) is 13.2 Å². The Morgan fingerprint density at radius 2 is 1.80 bits per heavy atom. The molecule has 0 bridgehead atoms. The summed E-state index contributed by atoms with van der Waals surface area (Å²) < 4.78 is 12.4. The molecule has 2 aromatic rings. The molecule has 3 heteroatoms. The van der Waals surface area contributed by atoms with E-state index in [-0.39, 0.29) is 0 Å². The molecule has 0 spiro atoms. The zero-order valence-electron chi connectivity index (χ0n) is 8.95. The highest BCUT2D eigenvalue weighted by Crippen LogP contribution is 2.43. The van der Waals surface area contributed by atoms with Crippen molar-refractivity contribution in [3.05, 3.63) is 24.3 Å². The van der Waals surface area contributed by atoms with Crippen molar-refractivity contribution >= 4 is 21.4 Å². The summed E-state index contributed by atoms with van der Waals surface area (Å²) in [7, 11) is 0. The Kier molecular flexibility index (Phi) is 3.11. The number of ether oxygens (including phenoxy) is 2. The van der Waals surface area contributed by atoms with Gasteiger partial charge in [0, 0.05) is 10.1 Å². The molecule has 2 nitrogen and oxygen atoms in total. The quantitative estimate of drug-likeness (QED) is 0.785. The van der Waals surface area contributed by atoms with Crippen molar-refractivity contribution < 1.29 is 9.47 Å². The van der Waals surface area contributed by atoms with Gasteiger partial charge in [-0.05, 0) is 26.0 Å². The lowest BCUT2D eigenvalue weighted by Crippen LogP contribution is -1.95. The molecule has 0 fully saturated rings. The van der Waals surface area contributed by atoms with Gasteiger partial charge in [0.15, 0.2) is 5.75 Å². The molecular formula is C12H14O2S. The molecule has 0 amide bonds. The zero-order valence-corrected chi connectivity index (χ0v) is 9.76. The predicted octanol–water partition coefficient (Wildman–Crippen LogP) is 3.70. The van der Waals surface area contributed by atoms with Crippen LogP contribution in [-0.2, 0) is 0 Å². The maximum Gasteiger partial charge on any atom is 0.218 e. The predicted molar refractivity (Wildman–Crippen MR) is 64.2 cm³/mol. The lowest BCUT2D eigenvalue weighted by atomic mass is 10.2. The van der Waals surface area contributed by atoms with E-state index >= 15 is 0 Å². The average Bonchev–Trinajstić information content (AvgIpc) is 2.59. The van der Waals surface area contributed by atoms with Crippen molar-refractivity contribution in [3.8, 4) is 10.8 Å². The van der Waals surface area contributed by atoms with Gasteiger partial charge in [-0.2, -0.15) is 0 Å². The molecule has 15 heavy (non-hydrogen) atoms. The molecule has 0 radical (unpaired) electrons. The van der Waals surface area contributed by atoms with Gasteiger partial charge in [-0.3, -0.25) is 0 Å². The minimum absolute atomic E-state index is 0.667. The fourth-order valence-corrected chi connectivity index (χ4v) is 2.56. The average molecular weight is 222 g/mol. The molecule has 2 rings (SSSR count). The van der Waals surface area contributed by atoms with Gasteiger partial charge in [-0.15, -0.1) is 0 Å². The number of fused-ring (bicyclic) bond motifs is 1. The van der Waals surface area contributed by atoms with Crippen molar-refractivity contribution in [1.82, 2.24) is 0 Å². The number of hydrogen-bond donors (Lipinski definition) is 0. The molecule has 0 saturated carbocycles. The van der Waals surface area contributed by atoms with Crippen LogP contribution in [0, 0.1) is 0 Å². The topological polar surface area (TPSA) is 18.5 Å². The van der Waals surface area contributed by atoms with Crippen LogP contribution in [0.25, 0.3) is 10.1 Å². The molecule has 0 N–H and O–H groups in total. The highest BCUT2D eigenvalue weighted by Gasteiger charge is 2.13. The second-order valence-electron chi connectivity index (χ2n) is 3.08. The Labute approximate surface area is 93.4 Å². The fraction of sp³-hybridized carbons (Fsp3) is 0.333. The Morgan fingerprint density at radius 3 is 2.53 bits per heavy atom. The summed E-state index contributed by atoms with van der Waals surface area (Å²) >= 11 is 1.64. The summed E-state index contributed by atoms with van der Waals surface area (Å²) in [6.07, 6.45) is 0. The Hall–Kier alpha value is -1.22. The molecule has 1 aromatic carbocycles. The summed E-state index contributed by atoms with van der Waals surface area (Å²) in [5.41, 5.74) is 0. The number of thiophene rings is 1. The minimum Gasteiger partial charge on any atom is -0.488 e. The molecule has 0 aliphatic heterocycles. The van der Waals surface area contributed by atoms with Crippen LogP contribution in [0.2, 0.25) is 0 Å². The summed E-state index contributed by atoms with van der Waals surface area (Å²) in [5.74, 6) is 0.889. The van der Waals surface area contributed by atoms with Crippen LogP contribution in [0.3, 0.4) is 0 Å². The summed E-state index contributed by atoms with van der Waals surface area (Å²) in [5, 5.41) is 2.04. The van der Waals surface area contributed by atoms with Crippen molar-refractivity contribution in [3.63, 3.8) is 0 Å². The number of hydrogen-bond acceptors (Lipinski definition) is 3. The molecule has 0 aliphatic carbocycles. The smallest absolute Gasteiger partial charge is 0.218 e. The van der Waals surface area contributed by atoms with E-state index in [0.717, 1.165) is 16.2 Å². The van der Waals surface area contributed by atoms with Gasteiger partial charge in [0.25, 0.3) is 0 Å². The third-order valence-corrected chi connectivity index (χ3v) is 3.15. The van der Waals surface area contributed by atoms with Crippen LogP contribution >= 0.6 is 11.3 Å². The monoisotopic (exact) mass is 222 g/mol. The summed E-state index contributed by atoms with van der Waals surface area (Å²) in [4.78, 5) is 0. The second-order valence-corrected chi connectivity index (χ2v) is 4.10. The van der Waals surface area contributed by atoms with Gasteiger partial charge in [-0.25, -0.2) is 0 Å². The molecule has 1 heterocycles. The van der Waals surface area contributed by atoms with E-state index in [1.54, 1.807) is 11.3 Å². The van der Waals surface area contributed by atoms with E-state index in [1.807, 2.05) is 26.0 Å². The van der Waals surface area contributed by atoms with Crippen molar-refractivity contribution in [2.45, 2.75) is 13.8 Å². The molecular weight excluding hydrogens is 208 g/mol. The molecule has 0 unspecified atom stereocenters. The Morgan fingerprint density at radius 1 is 1.07 bits per heavy atom. The first kappa shape index (κ1) is 10.3. The first-order valence-electron chi connectivity index (χ1n) is 5.14. The van der Waals surface area contributed by atoms with Gasteiger partial charge in [0.1, 0.15) is 0 Å². The minimum atomic E-state index is 0.667. The van der Waals surface area contributed by atoms with Crippen LogP contribution in [0.15, 0.2) is 24.3 Å². The maximum absolute atomic E-state index is 5.63. The zero-order chi connectivity index (χ0) is 10.7. The third-order valence-electron chi connectivity index (χ3n) is 2.08. The number of rotatable bonds is 4. The largest absolute Gasteiger partial charge is 0.488 e. The first-order chi connectivity index (χ1) is 7.36. The van der Waals surface area contributed by atoms with Crippen LogP contribution in [0.1, 0.15) is 13.8 Å². The van der Waals surface area contributed by atoms with Crippen LogP contribution in [-0.4, -0.2) is 13.2 Å². The van der Waals surface area contributed by atoms with E-state index in [1.165, 1.54) is 4.70 Å². The number of benzene rings is 1. The van der Waals surface area contributed by atoms with Gasteiger partial charge < -0.3 is 9.47 Å². The lowest BCUT2D eigenvalue weighted by Gasteiger charge is -2.05. The summed E-state index contributed by atoms with van der Waals surface area (Å²) in [6.45, 7) is 5.32. The molecule has 1 aromatic heterocycles. The lowest BCUT2D eigenvalue weighted by molar-refractivity contribution is 0.298. The highest BCUT2D eigenvalue weighted by atomic mass is 32.1. The maximum atomic E-state index is 5.63. The van der Waals surface area contributed by atoms with Gasteiger partial charge >= 0.3 is 0 Å². The molecule has 0 atom stereocenters. The van der Waals surface area contributed by atoms with Gasteiger partial charge in [-0.1, -0.05) is 23.5 Å². The highest BCUT2D eigenvalue weighted by molar-refractivity contribution is 7.21. The van der Waals surface area contributed by atoms with E-state index < -0.39 is 0 Å². The Balaban J connectivity index is 2.53. The van der Waals surface area contributed by atoms with E-state index in [9.17, 15) is 0 Å². The third kappa shape index (κ3) is 1.92. The van der Waals surface area contributed by atoms with Crippen molar-refractivity contribution in [2.24, 2.45) is 0 Å². The van der Waals surface area contributed by atoms with Crippen LogP contribution < -0.4 is 9.47 Å².